The molecule has 0 radical (unpaired) electrons. The maximum absolute atomic E-state index is 11.5. The number of nitro groups is 1. The fraction of sp³-hybridized carbons (Fsp3) is 0.154. The summed E-state index contributed by atoms with van der Waals surface area (Å²) in [4.78, 5) is 21.6. The number of hydrogen-bond donors (Lipinski definition) is 0. The molecule has 0 unspecified atom stereocenters. The Morgan fingerprint density at radius 2 is 2.21 bits per heavy atom. The molecule has 0 saturated carbocycles. The highest BCUT2D eigenvalue weighted by Gasteiger charge is 2.15. The van der Waals surface area contributed by atoms with Crippen molar-refractivity contribution in [2.45, 2.75) is 13.5 Å². The molecule has 0 aliphatic carbocycles. The zero-order valence-corrected chi connectivity index (χ0v) is 10.2. The van der Waals surface area contributed by atoms with Crippen LogP contribution in [0.25, 0.3) is 0 Å². The summed E-state index contributed by atoms with van der Waals surface area (Å²) < 4.78 is 10.5. The summed E-state index contributed by atoms with van der Waals surface area (Å²) in [5.41, 5.74) is 0.0382. The van der Waals surface area contributed by atoms with Crippen molar-refractivity contribution in [1.29, 1.82) is 0 Å². The molecule has 0 atom stereocenters. The molecule has 6 heteroatoms. The van der Waals surface area contributed by atoms with Crippen LogP contribution in [0.5, 0.6) is 5.75 Å². The molecule has 1 aromatic heterocycles. The smallest absolute Gasteiger partial charge is 0.270 e. The minimum Gasteiger partial charge on any atom is -0.485 e. The average Bonchev–Trinajstić information content (AvgIpc) is 2.89. The van der Waals surface area contributed by atoms with Crippen LogP contribution in [0.3, 0.4) is 0 Å². The van der Waals surface area contributed by atoms with Gasteiger partial charge >= 0.3 is 0 Å². The Kier molecular flexibility index (Phi) is 3.61. The van der Waals surface area contributed by atoms with Gasteiger partial charge in [-0.25, -0.2) is 0 Å². The zero-order chi connectivity index (χ0) is 13.8. The summed E-state index contributed by atoms with van der Waals surface area (Å²) >= 11 is 0. The van der Waals surface area contributed by atoms with Gasteiger partial charge in [0.25, 0.3) is 5.69 Å². The first kappa shape index (κ1) is 12.8. The van der Waals surface area contributed by atoms with Crippen molar-refractivity contribution in [3.8, 4) is 5.75 Å². The summed E-state index contributed by atoms with van der Waals surface area (Å²) in [5.74, 6) is 0.612. The van der Waals surface area contributed by atoms with E-state index in [0.29, 0.717) is 11.5 Å². The van der Waals surface area contributed by atoms with Crippen LogP contribution in [0.1, 0.15) is 23.0 Å². The average molecular weight is 261 g/mol. The van der Waals surface area contributed by atoms with Crippen LogP contribution in [0, 0.1) is 10.1 Å². The molecule has 19 heavy (non-hydrogen) atoms. The summed E-state index contributed by atoms with van der Waals surface area (Å²) in [6, 6.07) is 7.38. The Bertz CT molecular complexity index is 604. The van der Waals surface area contributed by atoms with Crippen LogP contribution in [0.15, 0.2) is 41.0 Å². The molecule has 6 nitrogen and oxygen atoms in total. The highest BCUT2D eigenvalue weighted by Crippen LogP contribution is 2.25. The molecular formula is C13H11NO5. The summed E-state index contributed by atoms with van der Waals surface area (Å²) in [6.07, 6.45) is 1.51. The Balaban J connectivity index is 2.24. The molecule has 2 aromatic rings. The van der Waals surface area contributed by atoms with Gasteiger partial charge in [-0.1, -0.05) is 0 Å². The minimum atomic E-state index is -0.553. The van der Waals surface area contributed by atoms with E-state index in [1.807, 2.05) is 0 Å². The number of nitro benzene ring substituents is 1. The molecule has 1 heterocycles. The molecule has 98 valence electrons. The van der Waals surface area contributed by atoms with Crippen LogP contribution < -0.4 is 4.74 Å². The lowest BCUT2D eigenvalue weighted by Gasteiger charge is -2.08. The molecule has 2 rings (SSSR count). The number of carbonyl (C=O) groups excluding carboxylic acids is 1. The van der Waals surface area contributed by atoms with E-state index in [1.54, 1.807) is 12.1 Å². The first-order valence-electron chi connectivity index (χ1n) is 5.52. The number of benzene rings is 1. The van der Waals surface area contributed by atoms with Gasteiger partial charge < -0.3 is 9.15 Å². The van der Waals surface area contributed by atoms with Crippen molar-refractivity contribution >= 4 is 11.5 Å². The summed E-state index contributed by atoms with van der Waals surface area (Å²) in [7, 11) is 0. The standard InChI is InChI=1S/C13H11NO5/c1-9(15)12-7-10(14(16)17)4-5-13(12)19-8-11-3-2-6-18-11/h2-7H,8H2,1H3. The highest BCUT2D eigenvalue weighted by molar-refractivity contribution is 5.97. The third kappa shape index (κ3) is 2.98. The first-order valence-corrected chi connectivity index (χ1v) is 5.52. The zero-order valence-electron chi connectivity index (χ0n) is 10.2. The van der Waals surface area contributed by atoms with E-state index in [1.165, 1.54) is 31.4 Å². The summed E-state index contributed by atoms with van der Waals surface area (Å²) in [5, 5.41) is 10.7. The van der Waals surface area contributed by atoms with Gasteiger partial charge in [0.05, 0.1) is 16.7 Å². The number of hydrogen-bond acceptors (Lipinski definition) is 5. The molecule has 1 aromatic carbocycles. The predicted octanol–water partition coefficient (Wildman–Crippen LogP) is 2.97. The Morgan fingerprint density at radius 3 is 2.79 bits per heavy atom. The molecule has 0 aliphatic heterocycles. The van der Waals surface area contributed by atoms with E-state index in [0.717, 1.165) is 0 Å². The van der Waals surface area contributed by atoms with E-state index in [4.69, 9.17) is 9.15 Å². The molecule has 0 aliphatic rings. The fourth-order valence-electron chi connectivity index (χ4n) is 1.58. The number of ether oxygens (including phenoxy) is 1. The second kappa shape index (κ2) is 5.34. The van der Waals surface area contributed by atoms with Crippen LogP contribution in [0.4, 0.5) is 5.69 Å². The van der Waals surface area contributed by atoms with Crippen molar-refractivity contribution in [2.75, 3.05) is 0 Å². The number of ketones is 1. The minimum absolute atomic E-state index is 0.143. The Morgan fingerprint density at radius 1 is 1.42 bits per heavy atom. The second-order valence-corrected chi connectivity index (χ2v) is 3.86. The van der Waals surface area contributed by atoms with E-state index < -0.39 is 4.92 Å². The molecule has 0 fully saturated rings. The predicted molar refractivity (Wildman–Crippen MR) is 66.1 cm³/mol. The van der Waals surface area contributed by atoms with E-state index in [9.17, 15) is 14.9 Å². The molecule has 0 saturated heterocycles. The van der Waals surface area contributed by atoms with E-state index in [2.05, 4.69) is 0 Å². The van der Waals surface area contributed by atoms with Crippen LogP contribution in [-0.2, 0) is 6.61 Å². The van der Waals surface area contributed by atoms with Crippen molar-refractivity contribution in [1.82, 2.24) is 0 Å². The van der Waals surface area contributed by atoms with Crippen molar-refractivity contribution in [3.05, 3.63) is 58.0 Å². The first-order chi connectivity index (χ1) is 9.08. The van der Waals surface area contributed by atoms with Crippen molar-refractivity contribution < 1.29 is 18.9 Å². The SMILES string of the molecule is CC(=O)c1cc([N+](=O)[O-])ccc1OCc1ccco1. The third-order valence-corrected chi connectivity index (χ3v) is 2.50. The van der Waals surface area contributed by atoms with Crippen molar-refractivity contribution in [2.24, 2.45) is 0 Å². The van der Waals surface area contributed by atoms with Gasteiger partial charge in [0.1, 0.15) is 18.1 Å². The van der Waals surface area contributed by atoms with Gasteiger partial charge in [0.15, 0.2) is 5.78 Å². The lowest BCUT2D eigenvalue weighted by molar-refractivity contribution is -0.384. The van der Waals surface area contributed by atoms with Crippen LogP contribution >= 0.6 is 0 Å². The molecule has 0 amide bonds. The topological polar surface area (TPSA) is 82.6 Å². The third-order valence-electron chi connectivity index (χ3n) is 2.50. The maximum Gasteiger partial charge on any atom is 0.270 e. The molecular weight excluding hydrogens is 250 g/mol. The van der Waals surface area contributed by atoms with E-state index in [-0.39, 0.29) is 23.6 Å². The van der Waals surface area contributed by atoms with Gasteiger partial charge in [-0.3, -0.25) is 14.9 Å². The molecule has 0 bridgehead atoms. The highest BCUT2D eigenvalue weighted by atomic mass is 16.6. The molecule has 0 N–H and O–H groups in total. The number of non-ortho nitro benzene ring substituents is 1. The molecule has 0 spiro atoms. The fourth-order valence-corrected chi connectivity index (χ4v) is 1.58. The lowest BCUT2D eigenvalue weighted by atomic mass is 10.1. The van der Waals surface area contributed by atoms with Gasteiger partial charge in [-0.2, -0.15) is 0 Å². The normalized spacial score (nSPS) is 10.2. The van der Waals surface area contributed by atoms with Gasteiger partial charge in [0.2, 0.25) is 0 Å². The Labute approximate surface area is 108 Å². The van der Waals surface area contributed by atoms with Crippen LogP contribution in [-0.4, -0.2) is 10.7 Å². The van der Waals surface area contributed by atoms with Gasteiger partial charge in [-0.15, -0.1) is 0 Å². The maximum atomic E-state index is 11.5. The number of nitrogens with zero attached hydrogens (tertiary/aromatic N) is 1. The number of furan rings is 1. The second-order valence-electron chi connectivity index (χ2n) is 3.86. The number of carbonyl (C=O) groups is 1. The monoisotopic (exact) mass is 261 g/mol. The quantitative estimate of drug-likeness (QED) is 0.469. The lowest BCUT2D eigenvalue weighted by Crippen LogP contribution is -2.02. The van der Waals surface area contributed by atoms with Gasteiger partial charge in [-0.05, 0) is 25.1 Å². The van der Waals surface area contributed by atoms with Crippen molar-refractivity contribution in [3.63, 3.8) is 0 Å². The van der Waals surface area contributed by atoms with Gasteiger partial charge in [0, 0.05) is 12.1 Å². The van der Waals surface area contributed by atoms with E-state index >= 15 is 0 Å². The number of rotatable bonds is 5. The summed E-state index contributed by atoms with van der Waals surface area (Å²) in [6.45, 7) is 1.49. The van der Waals surface area contributed by atoms with Crippen LogP contribution in [0.2, 0.25) is 0 Å². The Hall–Kier alpha value is -2.63. The largest absolute Gasteiger partial charge is 0.485 e. The number of Topliss-reactive ketones (excluding diaryl/α,β-unsaturated/α-hetero) is 1.